The molecule has 0 bridgehead atoms. The monoisotopic (exact) mass is 357 g/mol. The number of aliphatic hydroxyl groups excluding tert-OH is 2. The van der Waals surface area contributed by atoms with Gasteiger partial charge in [-0.3, -0.25) is 9.12 Å². The molecule has 1 aromatic heterocycles. The number of alkyl halides is 1. The zero-order valence-corrected chi connectivity index (χ0v) is 13.0. The summed E-state index contributed by atoms with van der Waals surface area (Å²) in [5.41, 5.74) is 4.66. The Kier molecular flexibility index (Phi) is 6.31. The molecule has 0 radical (unpaired) electrons. The van der Waals surface area contributed by atoms with E-state index in [1.54, 1.807) is 0 Å². The Hall–Kier alpha value is -1.21. The number of aliphatic hydroxyl groups is 2. The van der Waals surface area contributed by atoms with Gasteiger partial charge in [0.1, 0.15) is 17.3 Å². The predicted molar refractivity (Wildman–Crippen MR) is 78.8 cm³/mol. The lowest BCUT2D eigenvalue weighted by Crippen LogP contribution is -2.33. The maximum atomic E-state index is 13.8. The van der Waals surface area contributed by atoms with Gasteiger partial charge in [-0.2, -0.15) is 13.4 Å². The van der Waals surface area contributed by atoms with Crippen LogP contribution in [0.4, 0.5) is 10.2 Å². The first-order valence-electron chi connectivity index (χ1n) is 5.90. The van der Waals surface area contributed by atoms with E-state index in [9.17, 15) is 22.7 Å². The van der Waals surface area contributed by atoms with Gasteiger partial charge < -0.3 is 15.9 Å². The highest BCUT2D eigenvalue weighted by atomic mass is 32.2. The minimum Gasteiger partial charge on any atom is -0.395 e. The second-order valence-corrected chi connectivity index (χ2v) is 7.28. The Morgan fingerprint density at radius 2 is 2.09 bits per heavy atom. The fourth-order valence-electron chi connectivity index (χ4n) is 1.70. The van der Waals surface area contributed by atoms with Gasteiger partial charge in [0.15, 0.2) is 6.17 Å². The van der Waals surface area contributed by atoms with E-state index in [0.29, 0.717) is 6.26 Å². The highest BCUT2D eigenvalue weighted by Crippen LogP contribution is 2.42. The topological polar surface area (TPSA) is 156 Å². The van der Waals surface area contributed by atoms with Gasteiger partial charge in [-0.1, -0.05) is 0 Å². The summed E-state index contributed by atoms with van der Waals surface area (Å²) in [5.74, 6) is 0.0592. The van der Waals surface area contributed by atoms with E-state index >= 15 is 0 Å². The molecule has 1 aliphatic heterocycles. The van der Waals surface area contributed by atoms with E-state index in [0.717, 1.165) is 16.3 Å². The Morgan fingerprint density at radius 1 is 1.55 bits per heavy atom. The van der Waals surface area contributed by atoms with Gasteiger partial charge in [0.05, 0.1) is 18.1 Å². The van der Waals surface area contributed by atoms with E-state index in [1.807, 2.05) is 0 Å². The van der Waals surface area contributed by atoms with Crippen molar-refractivity contribution in [2.75, 3.05) is 18.6 Å². The van der Waals surface area contributed by atoms with Crippen LogP contribution >= 0.6 is 11.8 Å². The van der Waals surface area contributed by atoms with Crippen LogP contribution in [0.1, 0.15) is 5.37 Å². The molecular formula is C10H16FN3O6S2. The first-order chi connectivity index (χ1) is 10.0. The van der Waals surface area contributed by atoms with E-state index in [1.165, 1.54) is 12.3 Å². The first-order valence-corrected chi connectivity index (χ1v) is 8.69. The van der Waals surface area contributed by atoms with E-state index in [4.69, 9.17) is 15.4 Å². The molecule has 22 heavy (non-hydrogen) atoms. The summed E-state index contributed by atoms with van der Waals surface area (Å²) < 4.78 is 40.7. The highest BCUT2D eigenvalue weighted by Gasteiger charge is 2.44. The number of halogens is 1. The molecule has 12 heteroatoms. The molecular weight excluding hydrogens is 341 g/mol. The molecule has 9 nitrogen and oxygen atoms in total. The normalized spacial score (nSPS) is 28.0. The summed E-state index contributed by atoms with van der Waals surface area (Å²) in [4.78, 5) is 15.0. The Morgan fingerprint density at radius 3 is 2.50 bits per heavy atom. The van der Waals surface area contributed by atoms with Crippen molar-refractivity contribution in [1.29, 1.82) is 0 Å². The first kappa shape index (κ1) is 18.8. The fraction of sp³-hybridized carbons (Fsp3) is 0.600. The molecule has 2 rings (SSSR count). The number of rotatable bonds is 2. The zero-order chi connectivity index (χ0) is 17.1. The average Bonchev–Trinajstić information content (AvgIpc) is 2.64. The Balaban J connectivity index is 0.000000422. The summed E-state index contributed by atoms with van der Waals surface area (Å²) >= 11 is 1.01. The van der Waals surface area contributed by atoms with E-state index < -0.39 is 38.7 Å². The molecule has 126 valence electrons. The SMILES string of the molecule is CS(=O)(=O)O.Nc1ccn([C@@H]2S[C@H](CO)[C@@H](O)[C@@H]2F)c(=O)n1. The lowest BCUT2D eigenvalue weighted by atomic mass is 10.1. The maximum absolute atomic E-state index is 13.8. The molecule has 0 amide bonds. The van der Waals surface area contributed by atoms with Crippen LogP contribution in [-0.4, -0.2) is 63.1 Å². The van der Waals surface area contributed by atoms with Gasteiger partial charge in [0.2, 0.25) is 0 Å². The second-order valence-electron chi connectivity index (χ2n) is 4.46. The minimum atomic E-state index is -3.67. The molecule has 0 saturated carbocycles. The summed E-state index contributed by atoms with van der Waals surface area (Å²) in [6.45, 7) is -0.347. The third-order valence-electron chi connectivity index (χ3n) is 2.60. The van der Waals surface area contributed by atoms with Crippen molar-refractivity contribution in [3.8, 4) is 0 Å². The molecule has 1 fully saturated rings. The van der Waals surface area contributed by atoms with Crippen molar-refractivity contribution < 1.29 is 27.6 Å². The highest BCUT2D eigenvalue weighted by molar-refractivity contribution is 8.00. The summed E-state index contributed by atoms with van der Waals surface area (Å²) in [6.07, 6.45) is -0.867. The van der Waals surface area contributed by atoms with Crippen molar-refractivity contribution in [2.45, 2.75) is 22.9 Å². The largest absolute Gasteiger partial charge is 0.395 e. The molecule has 0 spiro atoms. The molecule has 2 heterocycles. The molecule has 1 aliphatic rings. The van der Waals surface area contributed by atoms with Crippen LogP contribution in [0.25, 0.3) is 0 Å². The number of aromatic nitrogens is 2. The van der Waals surface area contributed by atoms with Crippen LogP contribution < -0.4 is 11.4 Å². The number of hydrogen-bond acceptors (Lipinski definition) is 8. The van der Waals surface area contributed by atoms with E-state index in [2.05, 4.69) is 4.98 Å². The third-order valence-corrected chi connectivity index (χ3v) is 4.14. The van der Waals surface area contributed by atoms with Gasteiger partial charge in [-0.15, -0.1) is 11.8 Å². The van der Waals surface area contributed by atoms with Crippen LogP contribution in [0.2, 0.25) is 0 Å². The summed E-state index contributed by atoms with van der Waals surface area (Å²) in [7, 11) is -3.67. The maximum Gasteiger partial charge on any atom is 0.350 e. The summed E-state index contributed by atoms with van der Waals surface area (Å²) in [6, 6.07) is 1.38. The van der Waals surface area contributed by atoms with Gasteiger partial charge >= 0.3 is 5.69 Å². The van der Waals surface area contributed by atoms with Crippen molar-refractivity contribution >= 4 is 27.7 Å². The number of anilines is 1. The van der Waals surface area contributed by atoms with Crippen LogP contribution in [0.15, 0.2) is 17.1 Å². The number of nitrogens with two attached hydrogens (primary N) is 1. The van der Waals surface area contributed by atoms with Crippen molar-refractivity contribution in [2.24, 2.45) is 0 Å². The zero-order valence-electron chi connectivity index (χ0n) is 11.4. The quantitative estimate of drug-likeness (QED) is 0.469. The standard InChI is InChI=1S/C9H12FN3O3S.CH4O3S/c10-6-7(15)4(3-14)17-8(6)13-2-1-5(11)12-9(13)16;1-5(2,3)4/h1-2,4,6-8,14-15H,3H2,(H2,11,12,16);1H3,(H,2,3,4)/t4-,6+,7-,8-;/m1./s1. The molecule has 0 aliphatic carbocycles. The van der Waals surface area contributed by atoms with E-state index in [-0.39, 0.29) is 12.4 Å². The van der Waals surface area contributed by atoms with Crippen LogP contribution in [0.3, 0.4) is 0 Å². The molecule has 1 saturated heterocycles. The van der Waals surface area contributed by atoms with Crippen molar-refractivity contribution in [3.05, 3.63) is 22.7 Å². The van der Waals surface area contributed by atoms with Crippen LogP contribution in [0, 0.1) is 0 Å². The van der Waals surface area contributed by atoms with Crippen LogP contribution in [-0.2, 0) is 10.1 Å². The fourth-order valence-corrected chi connectivity index (χ4v) is 3.06. The number of hydrogen-bond donors (Lipinski definition) is 4. The van der Waals surface area contributed by atoms with Crippen molar-refractivity contribution in [1.82, 2.24) is 9.55 Å². The Bertz CT molecular complexity index is 659. The number of nitrogen functional groups attached to an aromatic ring is 1. The summed E-state index contributed by atoms with van der Waals surface area (Å²) in [5, 5.41) is 17.0. The van der Waals surface area contributed by atoms with Gasteiger partial charge in [-0.25, -0.2) is 9.18 Å². The molecule has 1 aromatic rings. The molecule has 0 aromatic carbocycles. The van der Waals surface area contributed by atoms with Gasteiger partial charge in [0, 0.05) is 6.20 Å². The third kappa shape index (κ3) is 5.21. The second kappa shape index (κ2) is 7.37. The van der Waals surface area contributed by atoms with Gasteiger partial charge in [0.25, 0.3) is 10.1 Å². The Labute approximate surface area is 129 Å². The average molecular weight is 357 g/mol. The minimum absolute atomic E-state index is 0.0592. The van der Waals surface area contributed by atoms with Gasteiger partial charge in [-0.05, 0) is 6.07 Å². The molecule has 5 N–H and O–H groups in total. The molecule has 4 atom stereocenters. The lowest BCUT2D eigenvalue weighted by Gasteiger charge is -2.15. The molecule has 0 unspecified atom stereocenters. The number of nitrogens with zero attached hydrogens (tertiary/aromatic N) is 2. The van der Waals surface area contributed by atoms with Crippen LogP contribution in [0.5, 0.6) is 0 Å². The van der Waals surface area contributed by atoms with Crippen molar-refractivity contribution in [3.63, 3.8) is 0 Å². The predicted octanol–water partition coefficient (Wildman–Crippen LogP) is -1.37. The lowest BCUT2D eigenvalue weighted by molar-refractivity contribution is 0.0631. The smallest absolute Gasteiger partial charge is 0.350 e. The number of thioether (sulfide) groups is 1.